The first-order valence-corrected chi connectivity index (χ1v) is 11.2. The lowest BCUT2D eigenvalue weighted by atomic mass is 9.88. The average Bonchev–Trinajstić information content (AvgIpc) is 3.18. The maximum absolute atomic E-state index is 14.1. The van der Waals surface area contributed by atoms with Gasteiger partial charge in [-0.1, -0.05) is 6.07 Å². The molecule has 4 rings (SSSR count). The van der Waals surface area contributed by atoms with Gasteiger partial charge in [0.25, 0.3) is 0 Å². The molecule has 2 amide bonds. The fourth-order valence-electron chi connectivity index (χ4n) is 5.43. The lowest BCUT2D eigenvalue weighted by Crippen LogP contribution is -2.58. The molecule has 2 aliphatic heterocycles. The molecular weight excluding hydrogens is 383 g/mol. The number of fused-ring (bicyclic) bond motifs is 1. The van der Waals surface area contributed by atoms with Crippen molar-refractivity contribution in [3.05, 3.63) is 29.1 Å². The minimum atomic E-state index is -0.408. The number of hydrogen-bond acceptors (Lipinski definition) is 4. The fourth-order valence-corrected chi connectivity index (χ4v) is 5.43. The molecule has 1 aromatic carbocycles. The Bertz CT molecular complexity index is 799. The number of halogens is 1. The molecule has 2 heterocycles. The van der Waals surface area contributed by atoms with Crippen molar-refractivity contribution in [1.29, 1.82) is 0 Å². The topological polar surface area (TPSA) is 64.7 Å². The molecule has 0 aromatic heterocycles. The van der Waals surface area contributed by atoms with Crippen molar-refractivity contribution in [3.63, 3.8) is 0 Å². The van der Waals surface area contributed by atoms with E-state index in [1.807, 2.05) is 11.8 Å². The van der Waals surface area contributed by atoms with Crippen LogP contribution in [0.5, 0.6) is 0 Å². The zero-order valence-electron chi connectivity index (χ0n) is 18.2. The number of hydrogen-bond donors (Lipinski definition) is 2. The Labute approximate surface area is 178 Å². The second-order valence-electron chi connectivity index (χ2n) is 9.20. The van der Waals surface area contributed by atoms with Crippen LogP contribution in [0.15, 0.2) is 12.1 Å². The van der Waals surface area contributed by atoms with Crippen LogP contribution >= 0.6 is 0 Å². The second kappa shape index (κ2) is 8.53. The first-order valence-electron chi connectivity index (χ1n) is 11.2. The van der Waals surface area contributed by atoms with Gasteiger partial charge in [0.2, 0.25) is 11.8 Å². The Morgan fingerprint density at radius 2 is 2.03 bits per heavy atom. The van der Waals surface area contributed by atoms with E-state index in [4.69, 9.17) is 0 Å². The number of carbonyl (C=O) groups is 2. The molecule has 2 unspecified atom stereocenters. The number of amides is 2. The van der Waals surface area contributed by atoms with Crippen LogP contribution in [0.1, 0.15) is 50.7 Å². The first-order chi connectivity index (χ1) is 14.3. The highest BCUT2D eigenvalue weighted by Gasteiger charge is 2.35. The monoisotopic (exact) mass is 416 g/mol. The standard InChI is InChI=1S/C23H33FN4O2/c1-14-7-8-20(24)19-12-21(26-22(14)19)23(30)25-17-5-4-6-18(11-17)28-10-9-27(16(3)29)13-15(28)2/h7-8,15,17-18,21,26H,4-6,9-13H2,1-3H3,(H,25,30)/t15-,17-,18?,21?/m1/s1. The Kier molecular flexibility index (Phi) is 6.00. The van der Waals surface area contributed by atoms with Crippen molar-refractivity contribution in [2.24, 2.45) is 0 Å². The largest absolute Gasteiger partial charge is 0.373 e. The molecule has 3 aliphatic rings. The number of carbonyl (C=O) groups excluding carboxylic acids is 2. The Morgan fingerprint density at radius 1 is 1.23 bits per heavy atom. The third-order valence-electron chi connectivity index (χ3n) is 7.09. The lowest BCUT2D eigenvalue weighted by Gasteiger charge is -2.46. The van der Waals surface area contributed by atoms with Gasteiger partial charge in [-0.25, -0.2) is 4.39 Å². The van der Waals surface area contributed by atoms with E-state index in [1.165, 1.54) is 6.07 Å². The van der Waals surface area contributed by atoms with Gasteiger partial charge in [0.05, 0.1) is 0 Å². The van der Waals surface area contributed by atoms with Crippen molar-refractivity contribution in [2.45, 2.75) is 77.0 Å². The Hall–Kier alpha value is -2.15. The fraction of sp³-hybridized carbons (Fsp3) is 0.652. The summed E-state index contributed by atoms with van der Waals surface area (Å²) in [5, 5.41) is 6.46. The van der Waals surface area contributed by atoms with E-state index in [0.29, 0.717) is 24.1 Å². The molecule has 7 heteroatoms. The molecule has 2 fully saturated rings. The normalized spacial score (nSPS) is 29.3. The molecule has 1 aromatic rings. The smallest absolute Gasteiger partial charge is 0.243 e. The van der Waals surface area contributed by atoms with Gasteiger partial charge >= 0.3 is 0 Å². The van der Waals surface area contributed by atoms with Gasteiger partial charge in [0.1, 0.15) is 11.9 Å². The minimum Gasteiger partial charge on any atom is -0.373 e. The van der Waals surface area contributed by atoms with Crippen LogP contribution in [0.25, 0.3) is 0 Å². The zero-order chi connectivity index (χ0) is 21.4. The Morgan fingerprint density at radius 3 is 2.73 bits per heavy atom. The number of nitrogens with one attached hydrogen (secondary N) is 2. The summed E-state index contributed by atoms with van der Waals surface area (Å²) in [6.45, 7) is 8.21. The third kappa shape index (κ3) is 4.17. The van der Waals surface area contributed by atoms with Crippen molar-refractivity contribution < 1.29 is 14.0 Å². The van der Waals surface area contributed by atoms with E-state index in [1.54, 1.807) is 13.0 Å². The predicted molar refractivity (Wildman–Crippen MR) is 115 cm³/mol. The van der Waals surface area contributed by atoms with Crippen LogP contribution in [-0.2, 0) is 16.0 Å². The summed E-state index contributed by atoms with van der Waals surface area (Å²) in [6.07, 6.45) is 4.53. The number of benzene rings is 1. The molecule has 30 heavy (non-hydrogen) atoms. The molecule has 1 aliphatic carbocycles. The molecule has 2 N–H and O–H groups in total. The van der Waals surface area contributed by atoms with Crippen molar-refractivity contribution >= 4 is 17.5 Å². The molecule has 0 spiro atoms. The number of anilines is 1. The summed E-state index contributed by atoms with van der Waals surface area (Å²) < 4.78 is 14.1. The number of rotatable bonds is 3. The van der Waals surface area contributed by atoms with E-state index in [9.17, 15) is 14.0 Å². The van der Waals surface area contributed by atoms with Gasteiger partial charge in [-0.15, -0.1) is 0 Å². The van der Waals surface area contributed by atoms with Crippen LogP contribution in [0.4, 0.5) is 10.1 Å². The molecule has 1 saturated heterocycles. The van der Waals surface area contributed by atoms with Crippen LogP contribution < -0.4 is 10.6 Å². The van der Waals surface area contributed by atoms with E-state index < -0.39 is 6.04 Å². The van der Waals surface area contributed by atoms with E-state index in [0.717, 1.165) is 56.6 Å². The van der Waals surface area contributed by atoms with Gasteiger partial charge in [-0.05, 0) is 51.2 Å². The summed E-state index contributed by atoms with van der Waals surface area (Å²) in [5.74, 6) is -0.132. The summed E-state index contributed by atoms with van der Waals surface area (Å²) in [6, 6.07) is 3.73. The highest BCUT2D eigenvalue weighted by Crippen LogP contribution is 2.32. The van der Waals surface area contributed by atoms with Crippen LogP contribution in [0.2, 0.25) is 0 Å². The summed E-state index contributed by atoms with van der Waals surface area (Å²) in [4.78, 5) is 29.0. The molecule has 0 radical (unpaired) electrons. The minimum absolute atomic E-state index is 0.0369. The van der Waals surface area contributed by atoms with E-state index in [2.05, 4.69) is 22.5 Å². The zero-order valence-corrected chi connectivity index (χ0v) is 18.2. The number of nitrogens with zero attached hydrogens (tertiary/aromatic N) is 2. The molecule has 6 nitrogen and oxygen atoms in total. The summed E-state index contributed by atoms with van der Waals surface area (Å²) in [5.41, 5.74) is 2.36. The van der Waals surface area contributed by atoms with Gasteiger partial charge in [0.15, 0.2) is 0 Å². The maximum atomic E-state index is 14.1. The van der Waals surface area contributed by atoms with Gasteiger partial charge < -0.3 is 15.5 Å². The van der Waals surface area contributed by atoms with Gasteiger partial charge in [-0.2, -0.15) is 0 Å². The molecule has 164 valence electrons. The highest BCUT2D eigenvalue weighted by molar-refractivity contribution is 5.88. The number of piperazine rings is 1. The predicted octanol–water partition coefficient (Wildman–Crippen LogP) is 2.45. The van der Waals surface area contributed by atoms with Crippen LogP contribution in [-0.4, -0.2) is 65.4 Å². The third-order valence-corrected chi connectivity index (χ3v) is 7.09. The van der Waals surface area contributed by atoms with Crippen molar-refractivity contribution in [2.75, 3.05) is 25.0 Å². The number of aryl methyl sites for hydroxylation is 1. The lowest BCUT2D eigenvalue weighted by molar-refractivity contribution is -0.132. The molecule has 0 bridgehead atoms. The molecule has 1 saturated carbocycles. The summed E-state index contributed by atoms with van der Waals surface area (Å²) >= 11 is 0. The van der Waals surface area contributed by atoms with Gasteiger partial charge in [-0.3, -0.25) is 14.5 Å². The maximum Gasteiger partial charge on any atom is 0.243 e. The van der Waals surface area contributed by atoms with Gasteiger partial charge in [0, 0.05) is 62.4 Å². The molecule has 4 atom stereocenters. The van der Waals surface area contributed by atoms with E-state index >= 15 is 0 Å². The van der Waals surface area contributed by atoms with E-state index in [-0.39, 0.29) is 23.7 Å². The summed E-state index contributed by atoms with van der Waals surface area (Å²) in [7, 11) is 0. The average molecular weight is 417 g/mol. The Balaban J connectivity index is 1.34. The van der Waals surface area contributed by atoms with Crippen molar-refractivity contribution in [3.8, 4) is 0 Å². The first kappa shape index (κ1) is 21.1. The SMILES string of the molecule is CC(=O)N1CCN(C2CCC[C@@H](NC(=O)C3Cc4c(F)ccc(C)c4N3)C2)[C@H](C)C1. The van der Waals surface area contributed by atoms with Crippen molar-refractivity contribution in [1.82, 2.24) is 15.1 Å². The van der Waals surface area contributed by atoms with Crippen LogP contribution in [0, 0.1) is 12.7 Å². The second-order valence-corrected chi connectivity index (χ2v) is 9.20. The highest BCUT2D eigenvalue weighted by atomic mass is 19.1. The van der Waals surface area contributed by atoms with Crippen LogP contribution in [0.3, 0.4) is 0 Å². The molecular formula is C23H33FN4O2. The quantitative estimate of drug-likeness (QED) is 0.795.